The van der Waals surface area contributed by atoms with Gasteiger partial charge in [0.1, 0.15) is 5.75 Å². The highest BCUT2D eigenvalue weighted by atomic mass is 35.5. The molecule has 1 aromatic carbocycles. The number of benzene rings is 1. The molecule has 1 aromatic rings. The fourth-order valence-electron chi connectivity index (χ4n) is 3.10. The molecule has 0 radical (unpaired) electrons. The van der Waals surface area contributed by atoms with Crippen LogP contribution in [-0.2, 0) is 4.79 Å². The molecule has 2 N–H and O–H groups in total. The molecule has 0 aliphatic carbocycles. The van der Waals surface area contributed by atoms with Gasteiger partial charge < -0.3 is 20.3 Å². The Hall–Kier alpha value is -1.01. The van der Waals surface area contributed by atoms with Crippen LogP contribution >= 0.6 is 24.8 Å². The van der Waals surface area contributed by atoms with E-state index >= 15 is 0 Å². The first-order valence-corrected chi connectivity index (χ1v) is 8.26. The molecule has 144 valence electrons. The molecule has 2 rings (SSSR count). The molecule has 0 aromatic heterocycles. The maximum atomic E-state index is 12.6. The van der Waals surface area contributed by atoms with Crippen LogP contribution < -0.4 is 15.4 Å². The van der Waals surface area contributed by atoms with Crippen molar-refractivity contribution in [1.29, 1.82) is 0 Å². The van der Waals surface area contributed by atoms with E-state index in [4.69, 9.17) is 4.74 Å². The summed E-state index contributed by atoms with van der Waals surface area (Å²) in [5.41, 5.74) is 0.838. The molecule has 2 unspecified atom stereocenters. The Kier molecular flexibility index (Phi) is 10.4. The van der Waals surface area contributed by atoms with Crippen LogP contribution in [0.5, 0.6) is 5.75 Å². The van der Waals surface area contributed by atoms with E-state index < -0.39 is 0 Å². The highest BCUT2D eigenvalue weighted by Gasteiger charge is 2.34. The summed E-state index contributed by atoms with van der Waals surface area (Å²) in [6.45, 7) is 4.40. The van der Waals surface area contributed by atoms with Gasteiger partial charge in [-0.15, -0.1) is 24.8 Å². The largest absolute Gasteiger partial charge is 0.497 e. The van der Waals surface area contributed by atoms with E-state index in [1.54, 1.807) is 7.11 Å². The second kappa shape index (κ2) is 10.9. The zero-order chi connectivity index (χ0) is 16.9. The minimum absolute atomic E-state index is 0. The van der Waals surface area contributed by atoms with Gasteiger partial charge in [-0.1, -0.05) is 12.1 Å². The third kappa shape index (κ3) is 6.33. The summed E-state index contributed by atoms with van der Waals surface area (Å²) in [6.07, 6.45) is 1.99. The number of carbonyl (C=O) groups excluding carboxylic acids is 1. The van der Waals surface area contributed by atoms with Crippen LogP contribution in [0.25, 0.3) is 0 Å². The Morgan fingerprint density at radius 1 is 1.40 bits per heavy atom. The fourth-order valence-corrected chi connectivity index (χ4v) is 3.10. The zero-order valence-electron chi connectivity index (χ0n) is 15.5. The van der Waals surface area contributed by atoms with Crippen molar-refractivity contribution in [3.63, 3.8) is 0 Å². The number of halogens is 2. The number of nitrogens with zero attached hydrogens (tertiary/aromatic N) is 1. The molecule has 0 spiro atoms. The lowest BCUT2D eigenvalue weighted by Gasteiger charge is -2.34. The van der Waals surface area contributed by atoms with Gasteiger partial charge in [0.15, 0.2) is 0 Å². The molecule has 1 heterocycles. The Balaban J connectivity index is 0.00000288. The van der Waals surface area contributed by atoms with Gasteiger partial charge in [-0.3, -0.25) is 4.79 Å². The van der Waals surface area contributed by atoms with Crippen LogP contribution in [-0.4, -0.2) is 51.6 Å². The molecule has 1 fully saturated rings. The Labute approximate surface area is 163 Å². The monoisotopic (exact) mass is 391 g/mol. The topological polar surface area (TPSA) is 53.6 Å². The van der Waals surface area contributed by atoms with E-state index in [1.807, 2.05) is 39.2 Å². The van der Waals surface area contributed by atoms with Crippen molar-refractivity contribution < 1.29 is 9.53 Å². The van der Waals surface area contributed by atoms with Gasteiger partial charge >= 0.3 is 0 Å². The number of ether oxygens (including phenoxy) is 1. The second-order valence-electron chi connectivity index (χ2n) is 6.81. The first kappa shape index (κ1) is 24.0. The average Bonchev–Trinajstić information content (AvgIpc) is 2.55. The van der Waals surface area contributed by atoms with Gasteiger partial charge in [0.25, 0.3) is 0 Å². The number of piperidine rings is 1. The molecule has 1 aliphatic heterocycles. The Bertz CT molecular complexity index is 535. The predicted octanol–water partition coefficient (Wildman–Crippen LogP) is 2.65. The lowest BCUT2D eigenvalue weighted by atomic mass is 9.82. The molecular weight excluding hydrogens is 361 g/mol. The first-order chi connectivity index (χ1) is 11.0. The summed E-state index contributed by atoms with van der Waals surface area (Å²) in [6, 6.07) is 8.14. The van der Waals surface area contributed by atoms with E-state index in [0.29, 0.717) is 6.54 Å². The highest BCUT2D eigenvalue weighted by molar-refractivity contribution is 5.85. The van der Waals surface area contributed by atoms with Crippen LogP contribution in [0.4, 0.5) is 0 Å². The lowest BCUT2D eigenvalue weighted by molar-refractivity contribution is -0.131. The first-order valence-electron chi connectivity index (χ1n) is 8.26. The van der Waals surface area contributed by atoms with E-state index in [-0.39, 0.29) is 42.2 Å². The fraction of sp³-hybridized carbons (Fsp3) is 0.611. The molecule has 5 nitrogen and oxygen atoms in total. The number of rotatable bonds is 6. The third-order valence-corrected chi connectivity index (χ3v) is 4.70. The van der Waals surface area contributed by atoms with E-state index in [0.717, 1.165) is 37.2 Å². The number of hydrogen-bond acceptors (Lipinski definition) is 4. The van der Waals surface area contributed by atoms with E-state index in [9.17, 15) is 4.79 Å². The Morgan fingerprint density at radius 3 is 2.68 bits per heavy atom. The summed E-state index contributed by atoms with van der Waals surface area (Å²) >= 11 is 0. The molecule has 25 heavy (non-hydrogen) atoms. The van der Waals surface area contributed by atoms with Crippen molar-refractivity contribution in [3.8, 4) is 5.75 Å². The lowest BCUT2D eigenvalue weighted by Crippen LogP contribution is -2.50. The number of amides is 1. The molecule has 0 saturated carbocycles. The van der Waals surface area contributed by atoms with Gasteiger partial charge in [-0.2, -0.15) is 0 Å². The Morgan fingerprint density at radius 2 is 2.12 bits per heavy atom. The predicted molar refractivity (Wildman–Crippen MR) is 107 cm³/mol. The van der Waals surface area contributed by atoms with Gasteiger partial charge in [-0.05, 0) is 58.1 Å². The van der Waals surface area contributed by atoms with E-state index in [2.05, 4.69) is 21.6 Å². The SMILES string of the molecule is COc1cccc(C(CNC(=O)C2(C)CCCNC2)N(C)C)c1.Cl.Cl. The van der Waals surface area contributed by atoms with Crippen molar-refractivity contribution >= 4 is 30.7 Å². The van der Waals surface area contributed by atoms with Gasteiger partial charge in [0.05, 0.1) is 18.6 Å². The van der Waals surface area contributed by atoms with Gasteiger partial charge in [0.2, 0.25) is 5.91 Å². The smallest absolute Gasteiger partial charge is 0.227 e. The van der Waals surface area contributed by atoms with Crippen molar-refractivity contribution in [3.05, 3.63) is 29.8 Å². The number of nitrogens with one attached hydrogen (secondary N) is 2. The van der Waals surface area contributed by atoms with Crippen molar-refractivity contribution in [2.24, 2.45) is 5.41 Å². The van der Waals surface area contributed by atoms with Gasteiger partial charge in [0, 0.05) is 13.1 Å². The number of carbonyl (C=O) groups is 1. The summed E-state index contributed by atoms with van der Waals surface area (Å²) in [5, 5.41) is 6.47. The standard InChI is InChI=1S/C18H29N3O2.2ClH/c1-18(9-6-10-19-13-18)17(22)20-12-16(21(2)3)14-7-5-8-15(11-14)23-4;;/h5,7-8,11,16,19H,6,9-10,12-13H2,1-4H3,(H,20,22);2*1H. The molecule has 1 amide bonds. The normalized spacial score (nSPS) is 20.8. The molecule has 1 saturated heterocycles. The minimum Gasteiger partial charge on any atom is -0.497 e. The molecular formula is C18H31Cl2N3O2. The van der Waals surface area contributed by atoms with Crippen molar-refractivity contribution in [2.45, 2.75) is 25.8 Å². The molecule has 1 aliphatic rings. The van der Waals surface area contributed by atoms with Crippen LogP contribution in [0.15, 0.2) is 24.3 Å². The second-order valence-corrected chi connectivity index (χ2v) is 6.81. The van der Waals surface area contributed by atoms with E-state index in [1.165, 1.54) is 0 Å². The van der Waals surface area contributed by atoms with Crippen LogP contribution in [0.1, 0.15) is 31.4 Å². The van der Waals surface area contributed by atoms with Gasteiger partial charge in [-0.25, -0.2) is 0 Å². The van der Waals surface area contributed by atoms with Crippen LogP contribution in [0.3, 0.4) is 0 Å². The molecule has 2 atom stereocenters. The average molecular weight is 392 g/mol. The van der Waals surface area contributed by atoms with Crippen LogP contribution in [0.2, 0.25) is 0 Å². The third-order valence-electron chi connectivity index (χ3n) is 4.70. The summed E-state index contributed by atoms with van der Waals surface area (Å²) in [4.78, 5) is 14.7. The van der Waals surface area contributed by atoms with Crippen molar-refractivity contribution in [1.82, 2.24) is 15.5 Å². The molecule has 0 bridgehead atoms. The highest BCUT2D eigenvalue weighted by Crippen LogP contribution is 2.26. The number of hydrogen-bond donors (Lipinski definition) is 2. The minimum atomic E-state index is -0.302. The summed E-state index contributed by atoms with van der Waals surface area (Å²) in [5.74, 6) is 0.976. The maximum Gasteiger partial charge on any atom is 0.227 e. The summed E-state index contributed by atoms with van der Waals surface area (Å²) < 4.78 is 5.31. The van der Waals surface area contributed by atoms with Crippen molar-refractivity contribution in [2.75, 3.05) is 40.8 Å². The van der Waals surface area contributed by atoms with Crippen LogP contribution in [0, 0.1) is 5.41 Å². The zero-order valence-corrected chi connectivity index (χ0v) is 17.1. The number of likely N-dealkylation sites (N-methyl/N-ethyl adjacent to an activating group) is 1. The number of methoxy groups -OCH3 is 1. The summed E-state index contributed by atoms with van der Waals surface area (Å²) in [7, 11) is 5.73. The maximum absolute atomic E-state index is 12.6. The molecule has 7 heteroatoms. The quantitative estimate of drug-likeness (QED) is 0.782.